The Morgan fingerprint density at radius 3 is 2.64 bits per heavy atom. The monoisotopic (exact) mass is 445 g/mol. The average Bonchev–Trinajstić information content (AvgIpc) is 3.22. The van der Waals surface area contributed by atoms with Crippen molar-refractivity contribution in [3.63, 3.8) is 0 Å². The second-order valence-corrected chi connectivity index (χ2v) is 9.05. The van der Waals surface area contributed by atoms with Crippen LogP contribution < -0.4 is 4.74 Å². The molecule has 0 aliphatic carbocycles. The van der Waals surface area contributed by atoms with Crippen LogP contribution in [0, 0.1) is 0 Å². The van der Waals surface area contributed by atoms with Crippen molar-refractivity contribution in [3.05, 3.63) is 65.4 Å². The number of aromatic amines is 1. The van der Waals surface area contributed by atoms with Crippen LogP contribution in [0.15, 0.2) is 48.5 Å². The number of benzene rings is 2. The van der Waals surface area contributed by atoms with Crippen LogP contribution >= 0.6 is 0 Å². The van der Waals surface area contributed by atoms with E-state index in [9.17, 15) is 9.59 Å². The Kier molecular flexibility index (Phi) is 5.83. The number of fused-ring (bicyclic) bond motifs is 4. The molecule has 5 rings (SSSR count). The summed E-state index contributed by atoms with van der Waals surface area (Å²) in [4.78, 5) is 34.4. The van der Waals surface area contributed by atoms with Gasteiger partial charge in [-0.05, 0) is 24.1 Å². The fraction of sp³-hybridized carbons (Fsp3) is 0.407. The smallest absolute Gasteiger partial charge is 0.246 e. The number of ether oxygens (including phenoxy) is 1. The number of aromatic nitrogens is 1. The Morgan fingerprint density at radius 1 is 1.03 bits per heavy atom. The van der Waals surface area contributed by atoms with Crippen molar-refractivity contribution in [2.75, 3.05) is 20.2 Å². The lowest BCUT2D eigenvalue weighted by Crippen LogP contribution is -2.63. The van der Waals surface area contributed by atoms with Gasteiger partial charge in [-0.1, -0.05) is 62.6 Å². The lowest BCUT2D eigenvalue weighted by Gasteiger charge is -2.47. The topological polar surface area (TPSA) is 65.6 Å². The van der Waals surface area contributed by atoms with Crippen LogP contribution in [0.3, 0.4) is 0 Å². The minimum atomic E-state index is -0.501. The maximum Gasteiger partial charge on any atom is 0.246 e. The van der Waals surface area contributed by atoms with E-state index in [4.69, 9.17) is 4.74 Å². The first-order valence-electron chi connectivity index (χ1n) is 12.0. The van der Waals surface area contributed by atoms with Gasteiger partial charge in [-0.3, -0.25) is 9.59 Å². The zero-order valence-corrected chi connectivity index (χ0v) is 19.3. The number of para-hydroxylation sites is 2. The minimum Gasteiger partial charge on any atom is -0.496 e. The van der Waals surface area contributed by atoms with Gasteiger partial charge in [0.15, 0.2) is 0 Å². The second kappa shape index (κ2) is 8.93. The predicted molar refractivity (Wildman–Crippen MR) is 128 cm³/mol. The number of amides is 2. The number of hydrogen-bond acceptors (Lipinski definition) is 3. The number of nitrogens with zero attached hydrogens (tertiary/aromatic N) is 2. The molecule has 0 spiro atoms. The minimum absolute atomic E-state index is 0.00435. The molecule has 0 bridgehead atoms. The van der Waals surface area contributed by atoms with E-state index in [1.807, 2.05) is 36.4 Å². The number of methoxy groups -OCH3 is 1. The van der Waals surface area contributed by atoms with Gasteiger partial charge in [0.2, 0.25) is 11.8 Å². The number of H-pyrrole nitrogens is 1. The van der Waals surface area contributed by atoms with Crippen LogP contribution in [0.2, 0.25) is 0 Å². The molecule has 1 N–H and O–H groups in total. The van der Waals surface area contributed by atoms with Crippen LogP contribution in [0.5, 0.6) is 5.75 Å². The van der Waals surface area contributed by atoms with E-state index in [0.29, 0.717) is 13.0 Å². The molecule has 2 amide bonds. The van der Waals surface area contributed by atoms with Crippen molar-refractivity contribution in [1.82, 2.24) is 14.8 Å². The number of piperazine rings is 1. The van der Waals surface area contributed by atoms with E-state index in [1.165, 1.54) is 0 Å². The summed E-state index contributed by atoms with van der Waals surface area (Å²) in [7, 11) is 1.65. The molecule has 1 fully saturated rings. The molecule has 3 heterocycles. The lowest BCUT2D eigenvalue weighted by molar-refractivity contribution is -0.158. The molecule has 0 saturated carbocycles. The summed E-state index contributed by atoms with van der Waals surface area (Å²) in [6, 6.07) is 15.1. The van der Waals surface area contributed by atoms with Crippen molar-refractivity contribution in [3.8, 4) is 5.75 Å². The molecule has 2 aliphatic heterocycles. The summed E-state index contributed by atoms with van der Waals surface area (Å²) in [6.07, 6.45) is 4.85. The molecule has 2 aromatic carbocycles. The molecule has 3 aromatic rings. The number of rotatable bonds is 7. The van der Waals surface area contributed by atoms with Crippen LogP contribution in [-0.2, 0) is 16.0 Å². The van der Waals surface area contributed by atoms with Crippen molar-refractivity contribution in [2.24, 2.45) is 0 Å². The fourth-order valence-corrected chi connectivity index (χ4v) is 5.46. The molecule has 33 heavy (non-hydrogen) atoms. The summed E-state index contributed by atoms with van der Waals surface area (Å²) in [5.74, 6) is 0.771. The zero-order chi connectivity index (χ0) is 22.9. The predicted octanol–water partition coefficient (Wildman–Crippen LogP) is 4.44. The molecule has 1 saturated heterocycles. The summed E-state index contributed by atoms with van der Waals surface area (Å²) in [6.45, 7) is 2.96. The summed E-state index contributed by atoms with van der Waals surface area (Å²) in [5.41, 5.74) is 4.03. The maximum absolute atomic E-state index is 13.7. The molecule has 0 radical (unpaired) electrons. The molecular weight excluding hydrogens is 414 g/mol. The van der Waals surface area contributed by atoms with Gasteiger partial charge < -0.3 is 19.5 Å². The van der Waals surface area contributed by atoms with Gasteiger partial charge >= 0.3 is 0 Å². The maximum atomic E-state index is 13.7. The first kappa shape index (κ1) is 21.6. The van der Waals surface area contributed by atoms with Gasteiger partial charge in [-0.2, -0.15) is 0 Å². The summed E-state index contributed by atoms with van der Waals surface area (Å²) >= 11 is 0. The van der Waals surface area contributed by atoms with Crippen molar-refractivity contribution >= 4 is 22.7 Å². The molecule has 0 unspecified atom stereocenters. The van der Waals surface area contributed by atoms with Crippen LogP contribution in [-0.4, -0.2) is 52.8 Å². The Morgan fingerprint density at radius 2 is 1.82 bits per heavy atom. The van der Waals surface area contributed by atoms with Crippen molar-refractivity contribution < 1.29 is 14.3 Å². The number of carbonyl (C=O) groups excluding carboxylic acids is 2. The van der Waals surface area contributed by atoms with Crippen molar-refractivity contribution in [1.29, 1.82) is 0 Å². The van der Waals surface area contributed by atoms with Gasteiger partial charge in [0.1, 0.15) is 17.8 Å². The van der Waals surface area contributed by atoms with E-state index < -0.39 is 6.04 Å². The molecule has 2 aliphatic rings. The van der Waals surface area contributed by atoms with Crippen LogP contribution in [0.4, 0.5) is 0 Å². The molecular formula is C27H31N3O3. The number of hydrogen-bond donors (Lipinski definition) is 1. The normalized spacial score (nSPS) is 20.2. The number of carbonyl (C=O) groups is 2. The van der Waals surface area contributed by atoms with E-state index in [-0.39, 0.29) is 24.4 Å². The third kappa shape index (κ3) is 3.67. The van der Waals surface area contributed by atoms with E-state index in [0.717, 1.165) is 59.2 Å². The number of nitrogens with one attached hydrogen (secondary N) is 1. The molecule has 172 valence electrons. The van der Waals surface area contributed by atoms with E-state index in [1.54, 1.807) is 16.9 Å². The fourth-order valence-electron chi connectivity index (χ4n) is 5.46. The standard InChI is InChI=1S/C27H31N3O3/c1-3-4-5-10-15-29-17-24(31)30-22(27(29)32)16-20-18-11-6-8-13-21(18)28-25(20)26(30)19-12-7-9-14-23(19)33-2/h6-9,11-14,22,26,28H,3-5,10,15-17H2,1-2H3/t22-,26-/m0/s1. The second-order valence-electron chi connectivity index (χ2n) is 9.05. The Bertz CT molecular complexity index is 1180. The summed E-state index contributed by atoms with van der Waals surface area (Å²) < 4.78 is 5.68. The van der Waals surface area contributed by atoms with Gasteiger partial charge in [0.05, 0.1) is 13.7 Å². The summed E-state index contributed by atoms with van der Waals surface area (Å²) in [5, 5.41) is 1.12. The van der Waals surface area contributed by atoms with Crippen molar-refractivity contribution in [2.45, 2.75) is 51.1 Å². The van der Waals surface area contributed by atoms with Gasteiger partial charge in [0.25, 0.3) is 0 Å². The Labute approximate surface area is 194 Å². The highest BCUT2D eigenvalue weighted by molar-refractivity contribution is 5.97. The third-order valence-corrected chi connectivity index (χ3v) is 7.06. The van der Waals surface area contributed by atoms with E-state index >= 15 is 0 Å². The van der Waals surface area contributed by atoms with Crippen LogP contribution in [0.25, 0.3) is 10.9 Å². The molecule has 6 heteroatoms. The highest BCUT2D eigenvalue weighted by atomic mass is 16.5. The van der Waals surface area contributed by atoms with Gasteiger partial charge in [-0.15, -0.1) is 0 Å². The first-order chi connectivity index (χ1) is 16.1. The molecule has 1 aromatic heterocycles. The molecule has 2 atom stereocenters. The van der Waals surface area contributed by atoms with Gasteiger partial charge in [-0.25, -0.2) is 0 Å². The Balaban J connectivity index is 1.59. The quantitative estimate of drug-likeness (QED) is 0.547. The highest BCUT2D eigenvalue weighted by Crippen LogP contribution is 2.44. The SMILES string of the molecule is CCCCCCN1CC(=O)N2[C@@H](c3ccccc3OC)c3[nH]c4ccccc4c3C[C@H]2C1=O. The Hall–Kier alpha value is -3.28. The van der Waals surface area contributed by atoms with Crippen LogP contribution in [0.1, 0.15) is 55.5 Å². The first-order valence-corrected chi connectivity index (χ1v) is 12.0. The highest BCUT2D eigenvalue weighted by Gasteiger charge is 2.48. The average molecular weight is 446 g/mol. The van der Waals surface area contributed by atoms with Gasteiger partial charge in [0, 0.05) is 35.1 Å². The molecule has 6 nitrogen and oxygen atoms in total. The number of unbranched alkanes of at least 4 members (excludes halogenated alkanes) is 3. The zero-order valence-electron chi connectivity index (χ0n) is 19.3. The lowest BCUT2D eigenvalue weighted by atomic mass is 9.86. The largest absolute Gasteiger partial charge is 0.496 e. The van der Waals surface area contributed by atoms with E-state index in [2.05, 4.69) is 24.0 Å². The third-order valence-electron chi connectivity index (χ3n) is 7.06.